The average Bonchev–Trinajstić information content (AvgIpc) is 3.30. The molecule has 8 heteroatoms. The first kappa shape index (κ1) is 24.1. The number of amides is 2. The van der Waals surface area contributed by atoms with E-state index in [1.54, 1.807) is 22.7 Å². The number of aliphatic carboxylic acids is 1. The van der Waals surface area contributed by atoms with Gasteiger partial charge in [0.15, 0.2) is 0 Å². The van der Waals surface area contributed by atoms with Crippen LogP contribution in [0.4, 0.5) is 0 Å². The number of carbonyl (C=O) groups excluding carboxylic acids is 2. The van der Waals surface area contributed by atoms with Crippen LogP contribution in [0, 0.1) is 17.8 Å². The van der Waals surface area contributed by atoms with Crippen molar-refractivity contribution >= 4 is 29.5 Å². The Morgan fingerprint density at radius 1 is 1.42 bits per heavy atom. The number of aliphatic hydroxyl groups excluding tert-OH is 1. The molecule has 3 heterocycles. The van der Waals surface area contributed by atoms with Gasteiger partial charge in [0.2, 0.25) is 11.8 Å². The number of carboxylic acids is 1. The van der Waals surface area contributed by atoms with Crippen LogP contribution in [0.1, 0.15) is 52.9 Å². The zero-order chi connectivity index (χ0) is 22.9. The highest BCUT2D eigenvalue weighted by molar-refractivity contribution is 8.02. The number of aliphatic hydroxyl groups is 1. The van der Waals surface area contributed by atoms with Crippen LogP contribution < -0.4 is 0 Å². The molecule has 3 aliphatic rings. The predicted octanol–water partition coefficient (Wildman–Crippen LogP) is 2.38. The normalized spacial score (nSPS) is 34.6. The number of carboxylic acid groups (broad SMARTS) is 1. The molecule has 3 rings (SSSR count). The fourth-order valence-corrected chi connectivity index (χ4v) is 8.48. The van der Waals surface area contributed by atoms with Crippen LogP contribution in [0.3, 0.4) is 0 Å². The molecule has 3 saturated heterocycles. The molecule has 0 saturated carbocycles. The van der Waals surface area contributed by atoms with E-state index in [2.05, 4.69) is 20.4 Å². The largest absolute Gasteiger partial charge is 0.481 e. The number of likely N-dealkylation sites (tertiary alicyclic amines) is 1. The quantitative estimate of drug-likeness (QED) is 0.369. The summed E-state index contributed by atoms with van der Waals surface area (Å²) in [4.78, 5) is 43.3. The number of carbonyl (C=O) groups is 3. The molecule has 0 aromatic carbocycles. The molecular weight excluding hydrogens is 416 g/mol. The molecule has 7 nitrogen and oxygen atoms in total. The van der Waals surface area contributed by atoms with Crippen molar-refractivity contribution in [1.82, 2.24) is 9.80 Å². The van der Waals surface area contributed by atoms with Gasteiger partial charge >= 0.3 is 5.97 Å². The van der Waals surface area contributed by atoms with Crippen molar-refractivity contribution in [3.05, 3.63) is 12.7 Å². The van der Waals surface area contributed by atoms with Gasteiger partial charge in [-0.25, -0.2) is 0 Å². The van der Waals surface area contributed by atoms with E-state index in [0.717, 1.165) is 12.8 Å². The Balaban J connectivity index is 2.04. The highest BCUT2D eigenvalue weighted by atomic mass is 32.2. The first-order valence-electron chi connectivity index (χ1n) is 11.5. The minimum absolute atomic E-state index is 0.00882. The number of hydrogen-bond donors (Lipinski definition) is 2. The van der Waals surface area contributed by atoms with E-state index in [1.807, 2.05) is 11.8 Å². The molecule has 7 atom stereocenters. The van der Waals surface area contributed by atoms with Crippen molar-refractivity contribution in [3.63, 3.8) is 0 Å². The van der Waals surface area contributed by atoms with Crippen LogP contribution in [0.5, 0.6) is 0 Å². The van der Waals surface area contributed by atoms with Gasteiger partial charge in [-0.3, -0.25) is 14.4 Å². The second kappa shape index (κ2) is 9.53. The fourth-order valence-electron chi connectivity index (χ4n) is 6.07. The summed E-state index contributed by atoms with van der Waals surface area (Å²) < 4.78 is -0.702. The number of nitrogens with zero attached hydrogens (tertiary/aromatic N) is 2. The maximum Gasteiger partial charge on any atom is 0.308 e. The molecule has 4 unspecified atom stereocenters. The smallest absolute Gasteiger partial charge is 0.308 e. The van der Waals surface area contributed by atoms with E-state index in [-0.39, 0.29) is 35.6 Å². The molecular formula is C23H36N2O5S. The summed E-state index contributed by atoms with van der Waals surface area (Å²) in [5.41, 5.74) is 0. The minimum Gasteiger partial charge on any atom is -0.481 e. The Labute approximate surface area is 189 Å². The van der Waals surface area contributed by atoms with Gasteiger partial charge in [0.05, 0.1) is 16.6 Å². The number of fused-ring (bicyclic) bond motifs is 1. The number of rotatable bonds is 11. The molecule has 1 spiro atoms. The number of thioether (sulfide) groups is 1. The molecule has 0 aromatic rings. The summed E-state index contributed by atoms with van der Waals surface area (Å²) in [6.45, 7) is 10.8. The molecule has 0 radical (unpaired) electrons. The van der Waals surface area contributed by atoms with Gasteiger partial charge in [-0.2, -0.15) is 0 Å². The maximum absolute atomic E-state index is 14.1. The minimum atomic E-state index is -0.935. The lowest BCUT2D eigenvalue weighted by atomic mass is 9.66. The van der Waals surface area contributed by atoms with Crippen LogP contribution in [0.25, 0.3) is 0 Å². The molecule has 3 aliphatic heterocycles. The van der Waals surface area contributed by atoms with Gasteiger partial charge in [0, 0.05) is 31.0 Å². The van der Waals surface area contributed by atoms with Gasteiger partial charge in [0.1, 0.15) is 6.04 Å². The van der Waals surface area contributed by atoms with Gasteiger partial charge in [-0.15, -0.1) is 18.3 Å². The standard InChI is InChI=1S/C23H36N2O5S/c1-5-9-15(4)24(10-6-2)21(28)19-23-14(3)13-16(31-23)17(22(29)30)18(23)20(27)25(19)11-7-8-12-26/h6,14-19,26H,2,5,7-13H2,1,3-4H3,(H,29,30)/t14?,15?,16-,17+,18-,19?,23?/m0/s1. The number of hydrogen-bond acceptors (Lipinski definition) is 5. The summed E-state index contributed by atoms with van der Waals surface area (Å²) in [5, 5.41) is 19.0. The van der Waals surface area contributed by atoms with Crippen molar-refractivity contribution in [1.29, 1.82) is 0 Å². The monoisotopic (exact) mass is 452 g/mol. The lowest BCUT2D eigenvalue weighted by Crippen LogP contribution is -2.58. The van der Waals surface area contributed by atoms with E-state index < -0.39 is 28.6 Å². The van der Waals surface area contributed by atoms with Gasteiger partial charge in [0.25, 0.3) is 0 Å². The third-order valence-corrected chi connectivity index (χ3v) is 9.50. The lowest BCUT2D eigenvalue weighted by molar-refractivity contribution is -0.149. The van der Waals surface area contributed by atoms with E-state index >= 15 is 0 Å². The molecule has 2 amide bonds. The first-order valence-corrected chi connectivity index (χ1v) is 12.4. The average molecular weight is 453 g/mol. The van der Waals surface area contributed by atoms with Gasteiger partial charge in [-0.1, -0.05) is 26.3 Å². The van der Waals surface area contributed by atoms with Crippen LogP contribution in [0.15, 0.2) is 12.7 Å². The summed E-state index contributed by atoms with van der Waals surface area (Å²) in [6.07, 6.45) is 5.35. The van der Waals surface area contributed by atoms with E-state index in [4.69, 9.17) is 0 Å². The van der Waals surface area contributed by atoms with E-state index in [9.17, 15) is 24.6 Å². The molecule has 3 fully saturated rings. The zero-order valence-electron chi connectivity index (χ0n) is 18.8. The van der Waals surface area contributed by atoms with Gasteiger partial charge in [-0.05, 0) is 38.5 Å². The molecule has 2 bridgehead atoms. The lowest BCUT2D eigenvalue weighted by Gasteiger charge is -2.41. The SMILES string of the molecule is C=CCN(C(=O)C1N(CCCCO)C(=O)[C@@H]2[C@H](C(=O)O)[C@@H]3CC(C)C12S3)C(C)CCC. The second-order valence-corrected chi connectivity index (χ2v) is 10.8. The fraction of sp³-hybridized carbons (Fsp3) is 0.783. The van der Waals surface area contributed by atoms with E-state index in [0.29, 0.717) is 32.4 Å². The Bertz CT molecular complexity index is 731. The highest BCUT2D eigenvalue weighted by Gasteiger charge is 2.76. The topological polar surface area (TPSA) is 98.2 Å². The third-order valence-electron chi connectivity index (χ3n) is 7.42. The molecule has 174 valence electrons. The van der Waals surface area contributed by atoms with Crippen LogP contribution in [-0.2, 0) is 14.4 Å². The summed E-state index contributed by atoms with van der Waals surface area (Å²) in [6, 6.07) is -0.660. The highest BCUT2D eigenvalue weighted by Crippen LogP contribution is 2.68. The van der Waals surface area contributed by atoms with E-state index in [1.165, 1.54) is 0 Å². The van der Waals surface area contributed by atoms with Gasteiger partial charge < -0.3 is 20.0 Å². The second-order valence-electron chi connectivity index (χ2n) is 9.27. The summed E-state index contributed by atoms with van der Waals surface area (Å²) >= 11 is 1.57. The third kappa shape index (κ3) is 3.80. The molecule has 31 heavy (non-hydrogen) atoms. The van der Waals surface area contributed by atoms with Crippen molar-refractivity contribution in [2.75, 3.05) is 19.7 Å². The summed E-state index contributed by atoms with van der Waals surface area (Å²) in [5.74, 6) is -2.56. The molecule has 0 aliphatic carbocycles. The Hall–Kier alpha value is -1.54. The van der Waals surface area contributed by atoms with Crippen LogP contribution in [-0.4, -0.2) is 79.6 Å². The van der Waals surface area contributed by atoms with Crippen molar-refractivity contribution < 1.29 is 24.6 Å². The molecule has 2 N–H and O–H groups in total. The maximum atomic E-state index is 14.1. The summed E-state index contributed by atoms with van der Waals surface area (Å²) in [7, 11) is 0. The first-order chi connectivity index (χ1) is 14.8. The van der Waals surface area contributed by atoms with Crippen LogP contribution >= 0.6 is 11.8 Å². The number of unbranched alkanes of at least 4 members (excludes halogenated alkanes) is 1. The van der Waals surface area contributed by atoms with Crippen LogP contribution in [0.2, 0.25) is 0 Å². The van der Waals surface area contributed by atoms with Crippen molar-refractivity contribution in [3.8, 4) is 0 Å². The molecule has 0 aromatic heterocycles. The zero-order valence-corrected chi connectivity index (χ0v) is 19.6. The van der Waals surface area contributed by atoms with Crippen molar-refractivity contribution in [2.24, 2.45) is 17.8 Å². The Morgan fingerprint density at radius 3 is 2.71 bits per heavy atom. The predicted molar refractivity (Wildman–Crippen MR) is 121 cm³/mol. The van der Waals surface area contributed by atoms with Crippen molar-refractivity contribution in [2.45, 2.75) is 75.0 Å². The Morgan fingerprint density at radius 2 is 2.13 bits per heavy atom. The Kier molecular flexibility index (Phi) is 7.41.